The zero-order valence-corrected chi connectivity index (χ0v) is 17.3. The van der Waals surface area contributed by atoms with Crippen LogP contribution in [0, 0.1) is 13.8 Å². The van der Waals surface area contributed by atoms with Crippen LogP contribution < -0.4 is 5.32 Å². The molecule has 1 aliphatic rings. The minimum atomic E-state index is -3.73. The van der Waals surface area contributed by atoms with Gasteiger partial charge in [-0.25, -0.2) is 8.42 Å². The van der Waals surface area contributed by atoms with Crippen molar-refractivity contribution >= 4 is 21.6 Å². The molecule has 0 radical (unpaired) electrons. The molecule has 2 aromatic carbocycles. The molecule has 0 heterocycles. The predicted molar refractivity (Wildman–Crippen MR) is 112 cm³/mol. The van der Waals surface area contributed by atoms with Crippen LogP contribution in [-0.4, -0.2) is 31.2 Å². The smallest absolute Gasteiger partial charge is 0.243 e. The zero-order valence-electron chi connectivity index (χ0n) is 16.5. The first-order valence-corrected chi connectivity index (χ1v) is 11.3. The molecule has 28 heavy (non-hydrogen) atoms. The highest BCUT2D eigenvalue weighted by Crippen LogP contribution is 2.28. The minimum absolute atomic E-state index is 0.135. The number of anilines is 1. The second-order valence-corrected chi connectivity index (χ2v) is 9.47. The topological polar surface area (TPSA) is 66.5 Å². The summed E-state index contributed by atoms with van der Waals surface area (Å²) in [6.07, 6.45) is 4.69. The first-order chi connectivity index (χ1) is 13.4. The summed E-state index contributed by atoms with van der Waals surface area (Å²) in [6, 6.07) is 14.1. The van der Waals surface area contributed by atoms with Crippen LogP contribution in [0.2, 0.25) is 0 Å². The molecule has 2 aromatic rings. The molecule has 150 valence electrons. The molecule has 5 nitrogen and oxygen atoms in total. The van der Waals surface area contributed by atoms with Crippen molar-refractivity contribution in [3.05, 3.63) is 59.7 Å². The van der Waals surface area contributed by atoms with Gasteiger partial charge in [-0.05, 0) is 62.1 Å². The Hall–Kier alpha value is -2.18. The number of benzene rings is 2. The first kappa shape index (κ1) is 20.6. The summed E-state index contributed by atoms with van der Waals surface area (Å²) < 4.78 is 27.9. The Balaban J connectivity index is 1.83. The molecule has 0 unspecified atom stereocenters. The molecule has 6 heteroatoms. The first-order valence-electron chi connectivity index (χ1n) is 9.81. The minimum Gasteiger partial charge on any atom is -0.325 e. The van der Waals surface area contributed by atoms with E-state index in [0.29, 0.717) is 5.69 Å². The van der Waals surface area contributed by atoms with Gasteiger partial charge in [0.15, 0.2) is 0 Å². The number of hydrogen-bond acceptors (Lipinski definition) is 3. The molecule has 0 aliphatic heterocycles. The van der Waals surface area contributed by atoms with Crippen LogP contribution in [0.5, 0.6) is 0 Å². The summed E-state index contributed by atoms with van der Waals surface area (Å²) in [7, 11) is -3.73. The van der Waals surface area contributed by atoms with Gasteiger partial charge in [-0.1, -0.05) is 43.5 Å². The average molecular weight is 401 g/mol. The largest absolute Gasteiger partial charge is 0.325 e. The third kappa shape index (κ3) is 5.00. The number of rotatable bonds is 6. The number of hydrogen-bond donors (Lipinski definition) is 1. The molecular weight excluding hydrogens is 372 g/mol. The van der Waals surface area contributed by atoms with Gasteiger partial charge in [-0.2, -0.15) is 4.31 Å². The van der Waals surface area contributed by atoms with Gasteiger partial charge in [0.25, 0.3) is 0 Å². The fraction of sp³-hybridized carbons (Fsp3) is 0.409. The lowest BCUT2D eigenvalue weighted by atomic mass is 9.95. The maximum atomic E-state index is 13.3. The molecule has 0 atom stereocenters. The number of carbonyl (C=O) groups is 1. The van der Waals surface area contributed by atoms with E-state index in [2.05, 4.69) is 5.32 Å². The summed E-state index contributed by atoms with van der Waals surface area (Å²) >= 11 is 0. The molecule has 1 N–H and O–H groups in total. The van der Waals surface area contributed by atoms with E-state index in [4.69, 9.17) is 0 Å². The highest BCUT2D eigenvalue weighted by atomic mass is 32.2. The summed E-state index contributed by atoms with van der Waals surface area (Å²) in [4.78, 5) is 13.0. The van der Waals surface area contributed by atoms with Crippen molar-refractivity contribution in [3.8, 4) is 0 Å². The highest BCUT2D eigenvalue weighted by molar-refractivity contribution is 7.89. The van der Waals surface area contributed by atoms with Gasteiger partial charge in [0, 0.05) is 11.7 Å². The summed E-state index contributed by atoms with van der Waals surface area (Å²) in [5.74, 6) is -0.310. The molecule has 1 amide bonds. The molecule has 0 bridgehead atoms. The standard InChI is InChI=1S/C22H28N2O3S/c1-17-13-18(2)15-19(14-17)23-22(25)16-24(20-9-5-3-6-10-20)28(26,27)21-11-7-4-8-12-21/h4,7-8,11-15,20H,3,5-6,9-10,16H2,1-2H3,(H,23,25). The Morgan fingerprint density at radius 1 is 1.00 bits per heavy atom. The van der Waals surface area contributed by atoms with Gasteiger partial charge in [0.2, 0.25) is 15.9 Å². The Labute approximate surface area is 167 Å². The third-order valence-corrected chi connectivity index (χ3v) is 7.05. The van der Waals surface area contributed by atoms with Crippen LogP contribution in [0.15, 0.2) is 53.4 Å². The Morgan fingerprint density at radius 3 is 2.21 bits per heavy atom. The van der Waals surface area contributed by atoms with E-state index in [0.717, 1.165) is 43.2 Å². The normalized spacial score (nSPS) is 15.5. The van der Waals surface area contributed by atoms with Crippen molar-refractivity contribution in [1.82, 2.24) is 4.31 Å². The number of nitrogens with one attached hydrogen (secondary N) is 1. The van der Waals surface area contributed by atoms with Crippen molar-refractivity contribution in [2.45, 2.75) is 56.9 Å². The van der Waals surface area contributed by atoms with E-state index in [1.165, 1.54) is 4.31 Å². The van der Waals surface area contributed by atoms with E-state index in [9.17, 15) is 13.2 Å². The predicted octanol–water partition coefficient (Wildman–Crippen LogP) is 4.27. The fourth-order valence-electron chi connectivity index (χ4n) is 3.90. The van der Waals surface area contributed by atoms with Gasteiger partial charge in [-0.3, -0.25) is 4.79 Å². The molecule has 3 rings (SSSR count). The van der Waals surface area contributed by atoms with E-state index < -0.39 is 10.0 Å². The van der Waals surface area contributed by atoms with Crippen LogP contribution in [0.25, 0.3) is 0 Å². The second kappa shape index (κ2) is 8.88. The van der Waals surface area contributed by atoms with Gasteiger partial charge in [0.1, 0.15) is 0 Å². The zero-order chi connectivity index (χ0) is 20.1. The lowest BCUT2D eigenvalue weighted by Crippen LogP contribution is -2.45. The number of carbonyl (C=O) groups excluding carboxylic acids is 1. The van der Waals surface area contributed by atoms with E-state index in [1.54, 1.807) is 30.3 Å². The number of nitrogens with zero attached hydrogens (tertiary/aromatic N) is 1. The Bertz CT molecular complexity index is 900. The van der Waals surface area contributed by atoms with Crippen molar-refractivity contribution in [2.24, 2.45) is 0 Å². The van der Waals surface area contributed by atoms with Crippen LogP contribution in [0.3, 0.4) is 0 Å². The number of aryl methyl sites for hydroxylation is 2. The summed E-state index contributed by atoms with van der Waals surface area (Å²) in [5, 5.41) is 2.87. The summed E-state index contributed by atoms with van der Waals surface area (Å²) in [6.45, 7) is 3.77. The number of amides is 1. The van der Waals surface area contributed by atoms with Crippen LogP contribution in [0.4, 0.5) is 5.69 Å². The highest BCUT2D eigenvalue weighted by Gasteiger charge is 2.33. The second-order valence-electron chi connectivity index (χ2n) is 7.58. The van der Waals surface area contributed by atoms with Gasteiger partial charge >= 0.3 is 0 Å². The van der Waals surface area contributed by atoms with Crippen molar-refractivity contribution in [1.29, 1.82) is 0 Å². The van der Waals surface area contributed by atoms with E-state index in [1.807, 2.05) is 32.0 Å². The van der Waals surface area contributed by atoms with Crippen molar-refractivity contribution < 1.29 is 13.2 Å². The lowest BCUT2D eigenvalue weighted by molar-refractivity contribution is -0.116. The monoisotopic (exact) mass is 400 g/mol. The molecule has 1 saturated carbocycles. The maximum Gasteiger partial charge on any atom is 0.243 e. The van der Waals surface area contributed by atoms with Crippen molar-refractivity contribution in [2.75, 3.05) is 11.9 Å². The Kier molecular flexibility index (Phi) is 6.52. The van der Waals surface area contributed by atoms with Crippen LogP contribution in [-0.2, 0) is 14.8 Å². The molecule has 1 fully saturated rings. The molecule has 1 aliphatic carbocycles. The lowest BCUT2D eigenvalue weighted by Gasteiger charge is -2.33. The van der Waals surface area contributed by atoms with Crippen molar-refractivity contribution in [3.63, 3.8) is 0 Å². The molecular formula is C22H28N2O3S. The third-order valence-electron chi connectivity index (χ3n) is 5.14. The SMILES string of the molecule is Cc1cc(C)cc(NC(=O)CN(C2CCCCC2)S(=O)(=O)c2ccccc2)c1. The molecule has 0 saturated heterocycles. The van der Waals surface area contributed by atoms with Gasteiger partial charge < -0.3 is 5.32 Å². The quantitative estimate of drug-likeness (QED) is 0.788. The van der Waals surface area contributed by atoms with E-state index in [-0.39, 0.29) is 23.4 Å². The van der Waals surface area contributed by atoms with Crippen LogP contribution in [0.1, 0.15) is 43.2 Å². The fourth-order valence-corrected chi connectivity index (χ4v) is 5.56. The maximum absolute atomic E-state index is 13.3. The average Bonchev–Trinajstić information content (AvgIpc) is 2.66. The Morgan fingerprint density at radius 2 is 1.61 bits per heavy atom. The van der Waals surface area contributed by atoms with E-state index >= 15 is 0 Å². The summed E-state index contributed by atoms with van der Waals surface area (Å²) in [5.41, 5.74) is 2.80. The molecule has 0 spiro atoms. The van der Waals surface area contributed by atoms with Gasteiger partial charge in [0.05, 0.1) is 11.4 Å². The number of sulfonamides is 1. The van der Waals surface area contributed by atoms with Crippen LogP contribution >= 0.6 is 0 Å². The molecule has 0 aromatic heterocycles. The van der Waals surface area contributed by atoms with Gasteiger partial charge in [-0.15, -0.1) is 0 Å².